The lowest BCUT2D eigenvalue weighted by molar-refractivity contribution is 0.335. The largest absolute Gasteiger partial charge is 0.0648 e. The Morgan fingerprint density at radius 1 is 0.889 bits per heavy atom. The van der Waals surface area contributed by atoms with Gasteiger partial charge in [-0.05, 0) is 40.7 Å². The fourth-order valence-electron chi connectivity index (χ4n) is 2.49. The van der Waals surface area contributed by atoms with Gasteiger partial charge in [-0.1, -0.05) is 72.7 Å². The van der Waals surface area contributed by atoms with Gasteiger partial charge < -0.3 is 0 Å². The zero-order valence-corrected chi connectivity index (χ0v) is 13.3. The van der Waals surface area contributed by atoms with Crippen LogP contribution in [0.3, 0.4) is 0 Å². The monoisotopic (exact) mass is 246 g/mol. The average molecular weight is 246 g/mol. The minimum atomic E-state index is 0.254. The normalized spacial score (nSPS) is 14.6. The molecule has 0 nitrogen and oxygen atoms in total. The SMILES string of the molecule is CCC(CC(C)(C)C)c1ccc(C(C)(C)C)cc1. The third-order valence-corrected chi connectivity index (χ3v) is 3.60. The van der Waals surface area contributed by atoms with Crippen molar-refractivity contribution < 1.29 is 0 Å². The van der Waals surface area contributed by atoms with E-state index in [2.05, 4.69) is 72.7 Å². The van der Waals surface area contributed by atoms with E-state index >= 15 is 0 Å². The van der Waals surface area contributed by atoms with E-state index in [1.54, 1.807) is 0 Å². The third-order valence-electron chi connectivity index (χ3n) is 3.60. The lowest BCUT2D eigenvalue weighted by Crippen LogP contribution is -2.13. The highest BCUT2D eigenvalue weighted by atomic mass is 14.2. The second-order valence-corrected chi connectivity index (χ2v) is 7.74. The van der Waals surface area contributed by atoms with Crippen molar-refractivity contribution in [2.45, 2.75) is 72.6 Å². The molecule has 1 aromatic rings. The summed E-state index contributed by atoms with van der Waals surface area (Å²) in [5.74, 6) is 0.694. The van der Waals surface area contributed by atoms with E-state index in [4.69, 9.17) is 0 Å². The number of hydrogen-bond acceptors (Lipinski definition) is 0. The average Bonchev–Trinajstić information content (AvgIpc) is 2.24. The van der Waals surface area contributed by atoms with Crippen LogP contribution in [0.25, 0.3) is 0 Å². The fourth-order valence-corrected chi connectivity index (χ4v) is 2.49. The molecule has 0 aliphatic heterocycles. The molecule has 0 amide bonds. The summed E-state index contributed by atoms with van der Waals surface area (Å²) in [6.45, 7) is 16.1. The van der Waals surface area contributed by atoms with E-state index in [9.17, 15) is 0 Å². The van der Waals surface area contributed by atoms with Gasteiger partial charge in [0.15, 0.2) is 0 Å². The van der Waals surface area contributed by atoms with Gasteiger partial charge in [-0.25, -0.2) is 0 Å². The predicted molar refractivity (Wildman–Crippen MR) is 82.2 cm³/mol. The highest BCUT2D eigenvalue weighted by molar-refractivity contribution is 5.29. The molecule has 0 heteroatoms. The van der Waals surface area contributed by atoms with E-state index in [1.165, 1.54) is 24.0 Å². The van der Waals surface area contributed by atoms with Gasteiger partial charge in [0, 0.05) is 0 Å². The fraction of sp³-hybridized carbons (Fsp3) is 0.667. The van der Waals surface area contributed by atoms with Crippen molar-refractivity contribution in [1.29, 1.82) is 0 Å². The highest BCUT2D eigenvalue weighted by Gasteiger charge is 2.19. The molecule has 0 N–H and O–H groups in total. The van der Waals surface area contributed by atoms with Crippen molar-refractivity contribution >= 4 is 0 Å². The molecular weight excluding hydrogens is 216 g/mol. The van der Waals surface area contributed by atoms with Gasteiger partial charge in [0.05, 0.1) is 0 Å². The van der Waals surface area contributed by atoms with Gasteiger partial charge in [0.25, 0.3) is 0 Å². The quantitative estimate of drug-likeness (QED) is 0.621. The molecule has 0 spiro atoms. The van der Waals surface area contributed by atoms with Crippen LogP contribution in [0.2, 0.25) is 0 Å². The van der Waals surface area contributed by atoms with E-state index in [0.717, 1.165) is 0 Å². The summed E-state index contributed by atoms with van der Waals surface area (Å²) in [7, 11) is 0. The minimum absolute atomic E-state index is 0.254. The van der Waals surface area contributed by atoms with Crippen LogP contribution < -0.4 is 0 Å². The Morgan fingerprint density at radius 3 is 1.72 bits per heavy atom. The molecule has 1 unspecified atom stereocenters. The summed E-state index contributed by atoms with van der Waals surface area (Å²) in [6, 6.07) is 9.28. The Labute approximate surface area is 114 Å². The molecular formula is C18H30. The maximum absolute atomic E-state index is 2.33. The van der Waals surface area contributed by atoms with Gasteiger partial charge in [-0.3, -0.25) is 0 Å². The Balaban J connectivity index is 2.89. The third kappa shape index (κ3) is 4.48. The van der Waals surface area contributed by atoms with Gasteiger partial charge in [-0.15, -0.1) is 0 Å². The molecule has 1 rings (SSSR count). The summed E-state index contributed by atoms with van der Waals surface area (Å²) in [5, 5.41) is 0. The molecule has 0 radical (unpaired) electrons. The van der Waals surface area contributed by atoms with E-state index in [-0.39, 0.29) is 5.41 Å². The smallest absolute Gasteiger partial charge is 0.0132 e. The summed E-state index contributed by atoms with van der Waals surface area (Å²) in [5.41, 5.74) is 3.59. The van der Waals surface area contributed by atoms with Crippen LogP contribution in [0, 0.1) is 5.41 Å². The topological polar surface area (TPSA) is 0 Å². The molecule has 0 aliphatic carbocycles. The number of hydrogen-bond donors (Lipinski definition) is 0. The van der Waals surface area contributed by atoms with Crippen molar-refractivity contribution in [1.82, 2.24) is 0 Å². The van der Waals surface area contributed by atoms with E-state index in [0.29, 0.717) is 11.3 Å². The van der Waals surface area contributed by atoms with Crippen LogP contribution in [0.5, 0.6) is 0 Å². The Morgan fingerprint density at radius 2 is 1.39 bits per heavy atom. The Bertz CT molecular complexity index is 357. The van der Waals surface area contributed by atoms with Crippen molar-refractivity contribution in [3.63, 3.8) is 0 Å². The van der Waals surface area contributed by atoms with Crippen molar-refractivity contribution in [3.8, 4) is 0 Å². The highest BCUT2D eigenvalue weighted by Crippen LogP contribution is 2.34. The van der Waals surface area contributed by atoms with E-state index in [1.807, 2.05) is 0 Å². The molecule has 18 heavy (non-hydrogen) atoms. The number of rotatable bonds is 3. The van der Waals surface area contributed by atoms with Crippen LogP contribution >= 0.6 is 0 Å². The molecule has 0 aliphatic rings. The molecule has 0 saturated heterocycles. The molecule has 0 heterocycles. The number of benzene rings is 1. The van der Waals surface area contributed by atoms with Gasteiger partial charge in [0.1, 0.15) is 0 Å². The lowest BCUT2D eigenvalue weighted by atomic mass is 9.79. The molecule has 0 bridgehead atoms. The van der Waals surface area contributed by atoms with Crippen LogP contribution in [0.1, 0.15) is 78.4 Å². The van der Waals surface area contributed by atoms with Gasteiger partial charge in [0.2, 0.25) is 0 Å². The molecule has 1 aromatic carbocycles. The first-order valence-corrected chi connectivity index (χ1v) is 7.24. The van der Waals surface area contributed by atoms with Gasteiger partial charge >= 0.3 is 0 Å². The molecule has 0 aromatic heterocycles. The Kier molecular flexibility index (Phi) is 4.64. The first-order valence-electron chi connectivity index (χ1n) is 7.24. The van der Waals surface area contributed by atoms with Crippen molar-refractivity contribution in [3.05, 3.63) is 35.4 Å². The summed E-state index contributed by atoms with van der Waals surface area (Å²) >= 11 is 0. The Hall–Kier alpha value is -0.780. The van der Waals surface area contributed by atoms with Crippen LogP contribution in [0.4, 0.5) is 0 Å². The van der Waals surface area contributed by atoms with Crippen molar-refractivity contribution in [2.75, 3.05) is 0 Å². The standard InChI is InChI=1S/C18H30/c1-8-14(13-17(2,3)4)15-9-11-16(12-10-15)18(5,6)7/h9-12,14H,8,13H2,1-7H3. The van der Waals surface area contributed by atoms with Crippen LogP contribution in [-0.4, -0.2) is 0 Å². The summed E-state index contributed by atoms with van der Waals surface area (Å²) in [6.07, 6.45) is 2.49. The molecule has 102 valence electrons. The first-order chi connectivity index (χ1) is 8.13. The summed E-state index contributed by atoms with van der Waals surface area (Å²) < 4.78 is 0. The maximum Gasteiger partial charge on any atom is -0.0132 e. The lowest BCUT2D eigenvalue weighted by Gasteiger charge is -2.26. The zero-order chi connectivity index (χ0) is 14.0. The minimum Gasteiger partial charge on any atom is -0.0648 e. The summed E-state index contributed by atoms with van der Waals surface area (Å²) in [4.78, 5) is 0. The maximum atomic E-state index is 2.33. The first kappa shape index (κ1) is 15.3. The second kappa shape index (κ2) is 5.47. The zero-order valence-electron chi connectivity index (χ0n) is 13.3. The molecule has 1 atom stereocenters. The van der Waals surface area contributed by atoms with Crippen LogP contribution in [-0.2, 0) is 5.41 Å². The van der Waals surface area contributed by atoms with E-state index < -0.39 is 0 Å². The second-order valence-electron chi connectivity index (χ2n) is 7.74. The molecule has 0 fully saturated rings. The van der Waals surface area contributed by atoms with Crippen molar-refractivity contribution in [2.24, 2.45) is 5.41 Å². The predicted octanol–water partition coefficient (Wildman–Crippen LogP) is 5.91. The van der Waals surface area contributed by atoms with Crippen LogP contribution in [0.15, 0.2) is 24.3 Å². The molecule has 0 saturated carbocycles. The van der Waals surface area contributed by atoms with Gasteiger partial charge in [-0.2, -0.15) is 0 Å².